The number of urea groups is 1. The average molecular weight is 234 g/mol. The zero-order valence-corrected chi connectivity index (χ0v) is 8.77. The molecule has 1 aliphatic heterocycles. The highest BCUT2D eigenvalue weighted by atomic mass is 16.4. The van der Waals surface area contributed by atoms with Crippen molar-refractivity contribution in [3.05, 3.63) is 35.4 Å². The maximum atomic E-state index is 11.6. The number of hydrogen-bond donors (Lipinski definition) is 3. The quantitative estimate of drug-likeness (QED) is 0.686. The monoisotopic (exact) mass is 234 g/mol. The van der Waals surface area contributed by atoms with Gasteiger partial charge < -0.3 is 10.4 Å². The fourth-order valence-electron chi connectivity index (χ4n) is 1.69. The first-order valence-electron chi connectivity index (χ1n) is 5.00. The van der Waals surface area contributed by atoms with Crippen LogP contribution >= 0.6 is 0 Å². The molecule has 3 N–H and O–H groups in total. The maximum absolute atomic E-state index is 11.6. The van der Waals surface area contributed by atoms with Crippen molar-refractivity contribution >= 4 is 17.9 Å². The predicted octanol–water partition coefficient (Wildman–Crippen LogP) is 0.308. The van der Waals surface area contributed by atoms with E-state index in [2.05, 4.69) is 10.6 Å². The highest BCUT2D eigenvalue weighted by Gasteiger charge is 2.27. The molecule has 6 heteroatoms. The van der Waals surface area contributed by atoms with E-state index in [1.165, 1.54) is 12.1 Å². The van der Waals surface area contributed by atoms with Crippen LogP contribution < -0.4 is 10.6 Å². The molecule has 88 valence electrons. The fraction of sp³-hybridized carbons (Fsp3) is 0.182. The summed E-state index contributed by atoms with van der Waals surface area (Å²) in [5.74, 6) is -2.02. The van der Waals surface area contributed by atoms with Gasteiger partial charge in [0.2, 0.25) is 5.91 Å². The molecule has 0 bridgehead atoms. The average Bonchev–Trinajstić information content (AvgIpc) is 2.29. The van der Waals surface area contributed by atoms with Crippen molar-refractivity contribution in [3.63, 3.8) is 0 Å². The van der Waals surface area contributed by atoms with Crippen LogP contribution in [0, 0.1) is 0 Å². The third-order valence-electron chi connectivity index (χ3n) is 2.56. The number of benzene rings is 1. The van der Waals surface area contributed by atoms with Gasteiger partial charge in [-0.25, -0.2) is 9.59 Å². The summed E-state index contributed by atoms with van der Waals surface area (Å²) in [6.07, 6.45) is 0. The third kappa shape index (κ3) is 2.25. The number of rotatable bonds is 2. The summed E-state index contributed by atoms with van der Waals surface area (Å²) in [6, 6.07) is 5.59. The van der Waals surface area contributed by atoms with E-state index in [4.69, 9.17) is 5.11 Å². The maximum Gasteiger partial charge on any atom is 0.335 e. The second-order valence-electron chi connectivity index (χ2n) is 3.68. The van der Waals surface area contributed by atoms with E-state index >= 15 is 0 Å². The Morgan fingerprint density at radius 3 is 2.76 bits per heavy atom. The molecule has 1 saturated heterocycles. The van der Waals surface area contributed by atoms with E-state index in [-0.39, 0.29) is 12.1 Å². The molecule has 0 saturated carbocycles. The van der Waals surface area contributed by atoms with Crippen molar-refractivity contribution in [3.8, 4) is 0 Å². The molecule has 0 spiro atoms. The Morgan fingerprint density at radius 1 is 1.35 bits per heavy atom. The van der Waals surface area contributed by atoms with Crippen LogP contribution in [0.25, 0.3) is 0 Å². The molecule has 0 radical (unpaired) electrons. The van der Waals surface area contributed by atoms with Crippen LogP contribution in [0.5, 0.6) is 0 Å². The van der Waals surface area contributed by atoms with Crippen molar-refractivity contribution in [2.24, 2.45) is 0 Å². The summed E-state index contributed by atoms with van der Waals surface area (Å²) >= 11 is 0. The zero-order valence-electron chi connectivity index (χ0n) is 8.77. The first-order chi connectivity index (χ1) is 8.08. The van der Waals surface area contributed by atoms with E-state index in [1.54, 1.807) is 12.1 Å². The van der Waals surface area contributed by atoms with Crippen LogP contribution in [0.1, 0.15) is 21.8 Å². The van der Waals surface area contributed by atoms with Crippen molar-refractivity contribution in [1.82, 2.24) is 10.6 Å². The number of hydrogen-bond acceptors (Lipinski definition) is 3. The van der Waals surface area contributed by atoms with Gasteiger partial charge in [-0.15, -0.1) is 0 Å². The molecule has 0 aromatic heterocycles. The Kier molecular flexibility index (Phi) is 2.78. The lowest BCUT2D eigenvalue weighted by Gasteiger charge is -2.22. The van der Waals surface area contributed by atoms with Gasteiger partial charge >= 0.3 is 12.0 Å². The Morgan fingerprint density at radius 2 is 2.12 bits per heavy atom. The minimum absolute atomic E-state index is 0.118. The molecule has 1 atom stereocenters. The zero-order chi connectivity index (χ0) is 12.4. The number of carbonyl (C=O) groups excluding carboxylic acids is 2. The number of amides is 3. The lowest BCUT2D eigenvalue weighted by Crippen LogP contribution is -2.50. The van der Waals surface area contributed by atoms with Crippen LogP contribution in [0.15, 0.2) is 24.3 Å². The Hall–Kier alpha value is -2.37. The summed E-state index contributed by atoms with van der Waals surface area (Å²) in [5.41, 5.74) is 0.689. The van der Waals surface area contributed by atoms with E-state index in [0.29, 0.717) is 5.56 Å². The van der Waals surface area contributed by atoms with Crippen LogP contribution in [-0.2, 0) is 4.79 Å². The Bertz CT molecular complexity index is 498. The summed E-state index contributed by atoms with van der Waals surface area (Å²) in [6.45, 7) is 0.174. The van der Waals surface area contributed by atoms with Gasteiger partial charge in [0.1, 0.15) is 0 Å². The highest BCUT2D eigenvalue weighted by molar-refractivity contribution is 6.00. The van der Waals surface area contributed by atoms with Crippen molar-refractivity contribution in [2.45, 2.75) is 5.92 Å². The fourth-order valence-corrected chi connectivity index (χ4v) is 1.69. The van der Waals surface area contributed by atoms with E-state index in [0.717, 1.165) is 0 Å². The third-order valence-corrected chi connectivity index (χ3v) is 2.56. The van der Waals surface area contributed by atoms with Crippen LogP contribution in [-0.4, -0.2) is 29.6 Å². The standard InChI is InChI=1S/C11H10N2O4/c14-9-8(5-12-11(17)13-9)6-2-1-3-7(4-6)10(15)16/h1-4,8H,5H2,(H,15,16)(H2,12,13,14,17). The van der Waals surface area contributed by atoms with Crippen molar-refractivity contribution in [2.75, 3.05) is 6.54 Å². The second kappa shape index (κ2) is 4.25. The first kappa shape index (κ1) is 11.1. The van der Waals surface area contributed by atoms with Crippen LogP contribution in [0.3, 0.4) is 0 Å². The van der Waals surface area contributed by atoms with Crippen LogP contribution in [0.2, 0.25) is 0 Å². The van der Waals surface area contributed by atoms with Crippen molar-refractivity contribution in [1.29, 1.82) is 0 Å². The molecular weight excluding hydrogens is 224 g/mol. The number of nitrogens with one attached hydrogen (secondary N) is 2. The predicted molar refractivity (Wildman–Crippen MR) is 57.7 cm³/mol. The van der Waals surface area contributed by atoms with Gasteiger partial charge in [0, 0.05) is 6.54 Å². The molecular formula is C11H10N2O4. The van der Waals surface area contributed by atoms with Crippen LogP contribution in [0.4, 0.5) is 4.79 Å². The van der Waals surface area contributed by atoms with Crippen molar-refractivity contribution < 1.29 is 19.5 Å². The molecule has 2 rings (SSSR count). The second-order valence-corrected chi connectivity index (χ2v) is 3.68. The number of carbonyl (C=O) groups is 3. The lowest BCUT2D eigenvalue weighted by molar-refractivity contribution is -0.122. The molecule has 1 fully saturated rings. The minimum Gasteiger partial charge on any atom is -0.478 e. The lowest BCUT2D eigenvalue weighted by atomic mass is 9.95. The molecule has 1 aliphatic rings. The van der Waals surface area contributed by atoms with Gasteiger partial charge in [0.05, 0.1) is 11.5 Å². The van der Waals surface area contributed by atoms with Gasteiger partial charge in [0.25, 0.3) is 0 Å². The van der Waals surface area contributed by atoms with Gasteiger partial charge in [-0.1, -0.05) is 12.1 Å². The molecule has 3 amide bonds. The summed E-state index contributed by atoms with van der Waals surface area (Å²) in [4.78, 5) is 33.3. The topological polar surface area (TPSA) is 95.5 Å². The minimum atomic E-state index is -1.05. The SMILES string of the molecule is O=C1NCC(c2cccc(C(=O)O)c2)C(=O)N1. The first-order valence-corrected chi connectivity index (χ1v) is 5.00. The van der Waals surface area contributed by atoms with Gasteiger partial charge in [-0.2, -0.15) is 0 Å². The number of imide groups is 1. The molecule has 0 aliphatic carbocycles. The Labute approximate surface area is 96.6 Å². The number of aromatic carboxylic acids is 1. The normalized spacial score (nSPS) is 19.4. The molecule has 1 heterocycles. The molecule has 17 heavy (non-hydrogen) atoms. The molecule has 6 nitrogen and oxygen atoms in total. The molecule has 1 aromatic rings. The summed E-state index contributed by atoms with van der Waals surface area (Å²) in [7, 11) is 0. The van der Waals surface area contributed by atoms with Gasteiger partial charge in [-0.05, 0) is 17.7 Å². The molecule has 1 unspecified atom stereocenters. The Balaban J connectivity index is 2.28. The molecule has 1 aromatic carbocycles. The van der Waals surface area contributed by atoms with E-state index < -0.39 is 23.8 Å². The highest BCUT2D eigenvalue weighted by Crippen LogP contribution is 2.18. The van der Waals surface area contributed by atoms with E-state index in [9.17, 15) is 14.4 Å². The summed E-state index contributed by atoms with van der Waals surface area (Å²) in [5, 5.41) is 13.5. The smallest absolute Gasteiger partial charge is 0.335 e. The summed E-state index contributed by atoms with van der Waals surface area (Å²) < 4.78 is 0. The van der Waals surface area contributed by atoms with E-state index in [1.807, 2.05) is 0 Å². The number of carboxylic acids is 1. The van der Waals surface area contributed by atoms with Gasteiger partial charge in [0.15, 0.2) is 0 Å². The number of carboxylic acid groups (broad SMARTS) is 1. The largest absolute Gasteiger partial charge is 0.478 e. The van der Waals surface area contributed by atoms with Gasteiger partial charge in [-0.3, -0.25) is 10.1 Å².